The number of halogens is 1. The zero-order valence-corrected chi connectivity index (χ0v) is 9.69. The minimum atomic E-state index is -0.527. The van der Waals surface area contributed by atoms with Crippen molar-refractivity contribution in [3.8, 4) is 0 Å². The van der Waals surface area contributed by atoms with Gasteiger partial charge in [-0.1, -0.05) is 11.6 Å². The third-order valence-electron chi connectivity index (χ3n) is 2.16. The van der Waals surface area contributed by atoms with E-state index in [4.69, 9.17) is 11.6 Å². The van der Waals surface area contributed by atoms with Gasteiger partial charge in [0.2, 0.25) is 0 Å². The van der Waals surface area contributed by atoms with E-state index in [2.05, 4.69) is 20.5 Å². The normalized spacial score (nSPS) is 10.3. The molecule has 8 nitrogen and oxygen atoms in total. The number of non-ortho nitro benzene ring substituents is 1. The molecule has 0 saturated carbocycles. The molecule has 0 aliphatic heterocycles. The largest absolute Gasteiger partial charge is 0.377 e. The average Bonchev–Trinajstić information content (AvgIpc) is 2.73. The molecule has 2 rings (SSSR count). The first kappa shape index (κ1) is 12.1. The van der Waals surface area contributed by atoms with Gasteiger partial charge in [-0.25, -0.2) is 9.89 Å². The van der Waals surface area contributed by atoms with E-state index in [0.29, 0.717) is 11.5 Å². The predicted octanol–water partition coefficient (Wildman–Crippen LogP) is 1.27. The molecule has 3 N–H and O–H groups in total. The molecule has 0 aliphatic rings. The van der Waals surface area contributed by atoms with Crippen molar-refractivity contribution in [3.05, 3.63) is 49.6 Å². The Labute approximate surface area is 105 Å². The third kappa shape index (κ3) is 2.66. The van der Waals surface area contributed by atoms with E-state index in [1.165, 1.54) is 18.2 Å². The zero-order valence-electron chi connectivity index (χ0n) is 8.94. The highest BCUT2D eigenvalue weighted by molar-refractivity contribution is 6.33. The molecule has 18 heavy (non-hydrogen) atoms. The van der Waals surface area contributed by atoms with Crippen molar-refractivity contribution in [1.29, 1.82) is 0 Å². The highest BCUT2D eigenvalue weighted by Gasteiger charge is 2.09. The average molecular weight is 270 g/mol. The topological polar surface area (TPSA) is 117 Å². The number of H-pyrrole nitrogens is 2. The van der Waals surface area contributed by atoms with Crippen molar-refractivity contribution in [2.45, 2.75) is 6.54 Å². The van der Waals surface area contributed by atoms with Gasteiger partial charge < -0.3 is 5.32 Å². The van der Waals surface area contributed by atoms with Crippen LogP contribution in [0, 0.1) is 10.1 Å². The van der Waals surface area contributed by atoms with Crippen LogP contribution >= 0.6 is 11.6 Å². The molecule has 9 heteroatoms. The summed E-state index contributed by atoms with van der Waals surface area (Å²) in [6.07, 6.45) is 0. The molecule has 94 valence electrons. The summed E-state index contributed by atoms with van der Waals surface area (Å²) >= 11 is 5.88. The van der Waals surface area contributed by atoms with Gasteiger partial charge in [0, 0.05) is 12.1 Å². The summed E-state index contributed by atoms with van der Waals surface area (Å²) < 4.78 is 0. The Kier molecular flexibility index (Phi) is 3.28. The smallest absolute Gasteiger partial charge is 0.340 e. The van der Waals surface area contributed by atoms with Crippen LogP contribution in [-0.4, -0.2) is 20.1 Å². The summed E-state index contributed by atoms with van der Waals surface area (Å²) in [5, 5.41) is 19.6. The van der Waals surface area contributed by atoms with Crippen molar-refractivity contribution >= 4 is 23.0 Å². The molecule has 0 fully saturated rings. The lowest BCUT2D eigenvalue weighted by Crippen LogP contribution is -2.05. The van der Waals surface area contributed by atoms with Crippen molar-refractivity contribution in [2.24, 2.45) is 0 Å². The number of aromatic nitrogens is 3. The Morgan fingerprint density at radius 2 is 2.28 bits per heavy atom. The van der Waals surface area contributed by atoms with Crippen LogP contribution in [0.4, 0.5) is 11.4 Å². The summed E-state index contributed by atoms with van der Waals surface area (Å²) in [6, 6.07) is 4.07. The molecule has 2 aromatic rings. The first-order valence-electron chi connectivity index (χ1n) is 4.87. The van der Waals surface area contributed by atoms with E-state index in [0.717, 1.165) is 0 Å². The Morgan fingerprint density at radius 1 is 1.50 bits per heavy atom. The summed E-state index contributed by atoms with van der Waals surface area (Å²) in [4.78, 5) is 23.2. The lowest BCUT2D eigenvalue weighted by atomic mass is 10.3. The monoisotopic (exact) mass is 269 g/mol. The van der Waals surface area contributed by atoms with Crippen LogP contribution in [0.2, 0.25) is 5.02 Å². The van der Waals surface area contributed by atoms with Crippen molar-refractivity contribution in [3.63, 3.8) is 0 Å². The summed E-state index contributed by atoms with van der Waals surface area (Å²) in [5.74, 6) is 0.411. The molecular weight excluding hydrogens is 262 g/mol. The van der Waals surface area contributed by atoms with E-state index >= 15 is 0 Å². The van der Waals surface area contributed by atoms with Crippen LogP contribution in [0.1, 0.15) is 5.82 Å². The molecule has 1 heterocycles. The van der Waals surface area contributed by atoms with Crippen LogP contribution in [0.15, 0.2) is 23.0 Å². The third-order valence-corrected chi connectivity index (χ3v) is 2.47. The van der Waals surface area contributed by atoms with Gasteiger partial charge in [0.05, 0.1) is 22.2 Å². The van der Waals surface area contributed by atoms with Gasteiger partial charge in [0.15, 0.2) is 0 Å². The summed E-state index contributed by atoms with van der Waals surface area (Å²) in [6.45, 7) is 0.246. The second kappa shape index (κ2) is 4.88. The number of benzene rings is 1. The molecule has 0 radical (unpaired) electrons. The van der Waals surface area contributed by atoms with Gasteiger partial charge in [0.1, 0.15) is 5.82 Å². The van der Waals surface area contributed by atoms with Crippen LogP contribution in [-0.2, 0) is 6.54 Å². The summed E-state index contributed by atoms with van der Waals surface area (Å²) in [5.41, 5.74) is 0.0337. The van der Waals surface area contributed by atoms with E-state index in [9.17, 15) is 14.9 Å². The van der Waals surface area contributed by atoms with E-state index in [1.807, 2.05) is 0 Å². The molecule has 0 atom stereocenters. The molecule has 0 spiro atoms. The Hall–Kier alpha value is -2.35. The molecule has 0 unspecified atom stereocenters. The first-order chi connectivity index (χ1) is 8.56. The van der Waals surface area contributed by atoms with Gasteiger partial charge in [0.25, 0.3) is 5.69 Å². The number of nitro groups is 1. The lowest BCUT2D eigenvalue weighted by Gasteiger charge is -2.05. The standard InChI is InChI=1S/C9H8ClN5O3/c10-6-3-5(15(17)18)1-2-7(6)11-4-8-12-9(16)14-13-8/h1-3,11H,4H2,(H2,12,13,14,16). The second-order valence-electron chi connectivity index (χ2n) is 3.40. The number of aromatic amines is 2. The number of nitro benzene ring substituents is 1. The quantitative estimate of drug-likeness (QED) is 0.571. The van der Waals surface area contributed by atoms with Crippen LogP contribution in [0.5, 0.6) is 0 Å². The fourth-order valence-electron chi connectivity index (χ4n) is 1.33. The summed E-state index contributed by atoms with van der Waals surface area (Å²) in [7, 11) is 0. The maximum absolute atomic E-state index is 10.8. The van der Waals surface area contributed by atoms with Crippen LogP contribution < -0.4 is 11.0 Å². The van der Waals surface area contributed by atoms with Crippen LogP contribution in [0.25, 0.3) is 0 Å². The molecular formula is C9H8ClN5O3. The highest BCUT2D eigenvalue weighted by Crippen LogP contribution is 2.26. The van der Waals surface area contributed by atoms with E-state index < -0.39 is 10.6 Å². The zero-order chi connectivity index (χ0) is 13.1. The fourth-order valence-corrected chi connectivity index (χ4v) is 1.57. The minimum absolute atomic E-state index is 0.0845. The van der Waals surface area contributed by atoms with Gasteiger partial charge in [-0.2, -0.15) is 5.10 Å². The maximum Gasteiger partial charge on any atom is 0.340 e. The molecule has 1 aromatic heterocycles. The van der Waals surface area contributed by atoms with Crippen molar-refractivity contribution < 1.29 is 4.92 Å². The highest BCUT2D eigenvalue weighted by atomic mass is 35.5. The number of rotatable bonds is 4. The molecule has 1 aromatic carbocycles. The van der Waals surface area contributed by atoms with Crippen molar-refractivity contribution in [2.75, 3.05) is 5.32 Å². The Morgan fingerprint density at radius 3 is 2.83 bits per heavy atom. The maximum atomic E-state index is 10.8. The van der Waals surface area contributed by atoms with E-state index in [-0.39, 0.29) is 17.3 Å². The Bertz CT molecular complexity index is 635. The number of hydrogen-bond donors (Lipinski definition) is 3. The van der Waals surface area contributed by atoms with Crippen molar-refractivity contribution in [1.82, 2.24) is 15.2 Å². The predicted molar refractivity (Wildman–Crippen MR) is 64.6 cm³/mol. The second-order valence-corrected chi connectivity index (χ2v) is 3.81. The number of hydrogen-bond acceptors (Lipinski definition) is 5. The van der Waals surface area contributed by atoms with E-state index in [1.54, 1.807) is 0 Å². The number of nitrogens with zero attached hydrogens (tertiary/aromatic N) is 2. The molecule has 0 saturated heterocycles. The van der Waals surface area contributed by atoms with Gasteiger partial charge >= 0.3 is 5.69 Å². The molecule has 0 amide bonds. The number of nitrogens with one attached hydrogen (secondary N) is 3. The molecule has 0 aliphatic carbocycles. The molecule has 0 bridgehead atoms. The number of anilines is 1. The van der Waals surface area contributed by atoms with Gasteiger partial charge in [-0.15, -0.1) is 0 Å². The first-order valence-corrected chi connectivity index (χ1v) is 5.25. The SMILES string of the molecule is O=c1[nH]nc(CNc2ccc([N+](=O)[O-])cc2Cl)[nH]1. The fraction of sp³-hybridized carbons (Fsp3) is 0.111. The van der Waals surface area contributed by atoms with Gasteiger partial charge in [-0.3, -0.25) is 15.1 Å². The van der Waals surface area contributed by atoms with Gasteiger partial charge in [-0.05, 0) is 6.07 Å². The van der Waals surface area contributed by atoms with Crippen LogP contribution in [0.3, 0.4) is 0 Å². The minimum Gasteiger partial charge on any atom is -0.377 e. The Balaban J connectivity index is 2.10. The lowest BCUT2D eigenvalue weighted by molar-refractivity contribution is -0.384.